The average Bonchev–Trinajstić information content (AvgIpc) is 1.47. The second kappa shape index (κ2) is 29.3. The van der Waals surface area contributed by atoms with Gasteiger partial charge >= 0.3 is 11.9 Å². The van der Waals surface area contributed by atoms with E-state index in [1.165, 1.54) is 77.5 Å². The fourth-order valence-corrected chi connectivity index (χ4v) is 37.5. The molecular weight excluding hydrogens is 1630 g/mol. The number of hydrogen-bond donors (Lipinski definition) is 3. The van der Waals surface area contributed by atoms with Crippen molar-refractivity contribution >= 4 is 64.3 Å². The molecule has 1 heterocycles. The molecule has 2 aromatic carbocycles. The van der Waals surface area contributed by atoms with Crippen molar-refractivity contribution in [1.82, 2.24) is 0 Å². The second-order valence-corrected chi connectivity index (χ2v) is 49.2. The Labute approximate surface area is 774 Å². The minimum Gasteiger partial charge on any atom is -0.508 e. The number of fused-ring (bicyclic) bond motifs is 16. The molecule has 15 heteroatoms. The number of allylic oxidation sites excluding steroid dienone is 14. The van der Waals surface area contributed by atoms with Crippen molar-refractivity contribution in [2.75, 3.05) is 6.61 Å². The van der Waals surface area contributed by atoms with Crippen LogP contribution in [-0.2, 0) is 74.7 Å². The normalized spacial score (nSPS) is 45.9. The lowest BCUT2D eigenvalue weighted by molar-refractivity contribution is -0.172. The smallest absolute Gasteiger partial charge is 0.316 e. The number of benzene rings is 2. The van der Waals surface area contributed by atoms with E-state index in [2.05, 4.69) is 118 Å². The number of phenols is 2. The van der Waals surface area contributed by atoms with Gasteiger partial charge in [0, 0.05) is 78.9 Å². The van der Waals surface area contributed by atoms with Crippen molar-refractivity contribution in [2.45, 2.75) is 349 Å². The third kappa shape index (κ3) is 11.2. The van der Waals surface area contributed by atoms with E-state index in [9.17, 15) is 63.3 Å². The highest BCUT2D eigenvalue weighted by atomic mass is 16.6. The van der Waals surface area contributed by atoms with Gasteiger partial charge in [0.2, 0.25) is 0 Å². The van der Waals surface area contributed by atoms with E-state index in [-0.39, 0.29) is 106 Å². The number of aryl methyl sites for hydroxylation is 1. The van der Waals surface area contributed by atoms with Crippen molar-refractivity contribution in [3.05, 3.63) is 157 Å². The number of phenolic OH excluding ortho intramolecular Hbond substituents is 2. The average molecular weight is 1770 g/mol. The molecule has 1 aliphatic heterocycles. The Morgan fingerprint density at radius 1 is 0.481 bits per heavy atom. The Morgan fingerprint density at radius 2 is 1.10 bits per heavy atom. The number of carbonyl (C=O) groups is 10. The third-order valence-corrected chi connectivity index (χ3v) is 44.9. The van der Waals surface area contributed by atoms with Crippen LogP contribution in [0.5, 0.6) is 11.5 Å². The van der Waals surface area contributed by atoms with Gasteiger partial charge in [0.25, 0.3) is 0 Å². The number of aliphatic hydroxyl groups is 1. The van der Waals surface area contributed by atoms with Crippen molar-refractivity contribution in [3.8, 4) is 11.5 Å². The maximum absolute atomic E-state index is 13.4. The first-order valence-corrected chi connectivity index (χ1v) is 51.6. The molecule has 12 saturated carbocycles. The van der Waals surface area contributed by atoms with Crippen molar-refractivity contribution in [1.29, 1.82) is 0 Å². The SMILES string of the molecule is CCCCOC(=O)[C@H]1C2=C(CC[C@@]34C(=O)CC[C@]3(C)CC=C24)C2(C)CCC(=O)C=C2[C@@H]1O.C[C@]12CCC(=O)C=C1C[C@H]1C(=O)O[C@@]34CC[C@@]5(C)CCC(=O)[C@]53CC=C2C14.C[C@]12CCC(=O)[C@]13CCC1C(=C3CC2)C=CC2=CC(=O)CC[C@@]21C.C[C@]12CCC(=O)[C@]13CC[C@]1(C)c4ccc(O)cc4C=CC1C3CC2.C[C@]12CCC(=O)[C@]13CC[C@]1(C)c4ccc(O)cc4CCC1C3CC2. The highest BCUT2D eigenvalue weighted by Gasteiger charge is 2.82. The molecule has 6 spiro atoms. The number of rotatable bonds is 4. The molecule has 24 aliphatic rings. The number of carbonyl (C=O) groups excluding carboxylic acids is 10. The van der Waals surface area contributed by atoms with Gasteiger partial charge in [-0.1, -0.05) is 153 Å². The zero-order valence-electron chi connectivity index (χ0n) is 79.9. The van der Waals surface area contributed by atoms with Gasteiger partial charge in [0.1, 0.15) is 51.9 Å². The first kappa shape index (κ1) is 88.3. The number of unbranched alkanes of at least 4 members (excludes halogenated alkanes) is 1. The quantitative estimate of drug-likeness (QED) is 0.146. The predicted molar refractivity (Wildman–Crippen MR) is 499 cm³/mol. The Bertz CT molecular complexity index is 5780. The molecule has 7 unspecified atom stereocenters. The van der Waals surface area contributed by atoms with E-state index in [1.54, 1.807) is 12.2 Å². The zero-order chi connectivity index (χ0) is 91.9. The molecule has 0 amide bonds. The van der Waals surface area contributed by atoms with Crippen LogP contribution in [0.25, 0.3) is 6.08 Å². The fourth-order valence-electron chi connectivity index (χ4n) is 37.5. The van der Waals surface area contributed by atoms with Crippen LogP contribution in [0.3, 0.4) is 0 Å². The van der Waals surface area contributed by atoms with Crippen LogP contribution in [0.15, 0.2) is 135 Å². The maximum atomic E-state index is 13.4. The van der Waals surface area contributed by atoms with Gasteiger partial charge < -0.3 is 24.8 Å². The number of esters is 2. The number of Topliss-reactive ketones (excluding diaryl/α,β-unsaturated/α-hetero) is 5. The molecule has 0 aromatic heterocycles. The highest BCUT2D eigenvalue weighted by molar-refractivity contribution is 5.99. The first-order valence-electron chi connectivity index (χ1n) is 51.6. The lowest BCUT2D eigenvalue weighted by Gasteiger charge is -2.57. The molecule has 3 N–H and O–H groups in total. The molecule has 13 fully saturated rings. The Hall–Kier alpha value is -8.04. The van der Waals surface area contributed by atoms with Gasteiger partial charge in [0.15, 0.2) is 17.3 Å². The van der Waals surface area contributed by atoms with Crippen LogP contribution < -0.4 is 0 Å². The Kier molecular flexibility index (Phi) is 19.7. The lowest BCUT2D eigenvalue weighted by atomic mass is 9.46. The molecule has 26 rings (SSSR count). The van der Waals surface area contributed by atoms with Crippen molar-refractivity contribution < 1.29 is 72.7 Å². The third-order valence-electron chi connectivity index (χ3n) is 44.9. The minimum atomic E-state index is -1.10. The van der Waals surface area contributed by atoms with E-state index in [1.807, 2.05) is 37.3 Å². The maximum Gasteiger partial charge on any atom is 0.316 e. The van der Waals surface area contributed by atoms with Crippen LogP contribution in [0.1, 0.15) is 342 Å². The molecule has 0 bridgehead atoms. The second-order valence-electron chi connectivity index (χ2n) is 49.2. The largest absolute Gasteiger partial charge is 0.508 e. The van der Waals surface area contributed by atoms with Crippen LogP contribution >= 0.6 is 0 Å². The molecule has 694 valence electrons. The topological polar surface area (TPSA) is 250 Å². The molecule has 23 aliphatic carbocycles. The minimum absolute atomic E-state index is 0.00424. The summed E-state index contributed by atoms with van der Waals surface area (Å²) in [6.45, 7) is 25.5. The van der Waals surface area contributed by atoms with Crippen LogP contribution in [0.2, 0.25) is 0 Å². The van der Waals surface area contributed by atoms with Gasteiger partial charge in [-0.2, -0.15) is 0 Å². The van der Waals surface area contributed by atoms with Gasteiger partial charge in [-0.25, -0.2) is 0 Å². The monoisotopic (exact) mass is 1770 g/mol. The molecular formula is C116H140O15. The van der Waals surface area contributed by atoms with Gasteiger partial charge in [-0.15, -0.1) is 0 Å². The molecule has 0 radical (unpaired) electrons. The molecule has 1 saturated heterocycles. The number of aliphatic hydroxyl groups excluding tert-OH is 1. The Morgan fingerprint density at radius 3 is 1.84 bits per heavy atom. The van der Waals surface area contributed by atoms with Gasteiger partial charge in [0.05, 0.1) is 34.9 Å². The van der Waals surface area contributed by atoms with Gasteiger partial charge in [-0.05, 0) is 358 Å². The summed E-state index contributed by atoms with van der Waals surface area (Å²) >= 11 is 0. The van der Waals surface area contributed by atoms with Crippen molar-refractivity contribution in [2.24, 2.45) is 118 Å². The molecule has 15 nitrogen and oxygen atoms in total. The summed E-state index contributed by atoms with van der Waals surface area (Å²) in [5.41, 5.74) is 13.9. The number of ketones is 8. The summed E-state index contributed by atoms with van der Waals surface area (Å²) in [6.07, 6.45) is 53.4. The fraction of sp³-hybridized carbons (Fsp3) is 0.655. The first-order chi connectivity index (χ1) is 62.2. The zero-order valence-corrected chi connectivity index (χ0v) is 79.9. The van der Waals surface area contributed by atoms with Gasteiger partial charge in [-0.3, -0.25) is 47.9 Å². The van der Waals surface area contributed by atoms with Crippen molar-refractivity contribution in [3.63, 3.8) is 0 Å². The van der Waals surface area contributed by atoms with Crippen LogP contribution in [0.4, 0.5) is 0 Å². The summed E-state index contributed by atoms with van der Waals surface area (Å²) in [7, 11) is 0. The standard InChI is InChI=1S/C27H34O5.C23H26O4.C22H28O2.2C22H26O2/c1-4-5-14-32-24(31)22-21-17(26(3)12-6-16(28)15-19(26)23(22)30)8-13-27-18(21)7-10-25(27,2)11-9-20(27)29;1-20-6-5-17(25)22(20)8-4-16-18-15(19(26)27-23(18,22)10-9-20)12-13-11-14(24)3-7-21(13,16)2;2*1-20-9-7-18-17-5-3-14-13-15(23)4-6-16(14)21(17,2)11-12-22(18,20)19(24)8-10-20;1-20-9-6-18-16-4-3-14-13-15(23)5-11-21(14,2)17(16)7-12-22(18,20)19(24)8-10-20/h7,15,22-23,30H,4-6,8-14H2,1-3H3;4,11,15,18H,3,5-10,12H2,1-2H3;4,6,13,17-18,23H,3,5,7-12H2,1-2H3;3-6,13,17-18,23H,7-12H2,1-2H3;3-4,13,17H,5-12H2,1-2H3/t22-,23-,25-,26?,27+;15-,18?,20-,21+,22-,23-;2*17?,18?,20-,21+,22+;17?,20-,21-,22+/m01000/s1. The number of ether oxygens (including phenoxy) is 2. The number of hydrogen-bond acceptors (Lipinski definition) is 15. The summed E-state index contributed by atoms with van der Waals surface area (Å²) in [5, 5.41) is 31.2. The lowest BCUT2D eigenvalue weighted by Crippen LogP contribution is -2.60. The van der Waals surface area contributed by atoms with Crippen LogP contribution in [-0.4, -0.2) is 91.8 Å². The summed E-state index contributed by atoms with van der Waals surface area (Å²) in [4.78, 5) is 128. The Balaban J connectivity index is 0.0000000962. The summed E-state index contributed by atoms with van der Waals surface area (Å²) < 4.78 is 11.9. The van der Waals surface area contributed by atoms with E-state index in [0.717, 1.165) is 188 Å². The van der Waals surface area contributed by atoms with E-state index in [0.29, 0.717) is 128 Å². The number of aromatic hydroxyl groups is 2. The van der Waals surface area contributed by atoms with E-state index in [4.69, 9.17) is 9.47 Å². The highest BCUT2D eigenvalue weighted by Crippen LogP contribution is 2.81. The molecule has 25 atom stereocenters. The van der Waals surface area contributed by atoms with Crippen LogP contribution in [0, 0.1) is 118 Å². The molecule has 2 aromatic rings. The summed E-state index contributed by atoms with van der Waals surface area (Å²) in [6, 6.07) is 11.8. The van der Waals surface area contributed by atoms with E-state index >= 15 is 0 Å². The summed E-state index contributed by atoms with van der Waals surface area (Å²) in [5.74, 6) is 4.44. The molecule has 131 heavy (non-hydrogen) atoms. The van der Waals surface area contributed by atoms with E-state index < -0.39 is 39.8 Å². The predicted octanol–water partition coefficient (Wildman–Crippen LogP) is 22.4.